The first kappa shape index (κ1) is 7.60. The zero-order valence-electron chi connectivity index (χ0n) is 7.34. The van der Waals surface area contributed by atoms with E-state index in [1.54, 1.807) is 0 Å². The van der Waals surface area contributed by atoms with E-state index in [2.05, 4.69) is 6.92 Å². The molecule has 0 spiro atoms. The fraction of sp³-hybridized carbons (Fsp3) is 1.00. The van der Waals surface area contributed by atoms with E-state index in [9.17, 15) is 5.11 Å². The molecule has 0 bridgehead atoms. The fourth-order valence-electron chi connectivity index (χ4n) is 2.40. The van der Waals surface area contributed by atoms with Gasteiger partial charge in [0.1, 0.15) is 0 Å². The quantitative estimate of drug-likeness (QED) is 0.660. The number of aliphatic hydroxyl groups is 1. The second kappa shape index (κ2) is 2.48. The first-order valence-electron chi connectivity index (χ1n) is 4.88. The van der Waals surface area contributed by atoms with Crippen LogP contribution in [0.15, 0.2) is 0 Å². The normalized spacial score (nSPS) is 31.1. The Morgan fingerprint density at radius 2 is 1.73 bits per heavy atom. The minimum atomic E-state index is 0.304. The Kier molecular flexibility index (Phi) is 1.71. The van der Waals surface area contributed by atoms with Crippen molar-refractivity contribution in [2.24, 2.45) is 17.3 Å². The van der Waals surface area contributed by atoms with Crippen LogP contribution in [0.1, 0.15) is 39.0 Å². The Morgan fingerprint density at radius 3 is 2.00 bits per heavy atom. The zero-order chi connectivity index (χ0) is 7.90. The van der Waals surface area contributed by atoms with Crippen LogP contribution < -0.4 is 0 Å². The Bertz CT molecular complexity index is 147. The highest BCUT2D eigenvalue weighted by Crippen LogP contribution is 2.54. The average molecular weight is 154 g/mol. The summed E-state index contributed by atoms with van der Waals surface area (Å²) in [6, 6.07) is 0. The van der Waals surface area contributed by atoms with Gasteiger partial charge in [-0.2, -0.15) is 0 Å². The number of hydrogen-bond donors (Lipinski definition) is 1. The van der Waals surface area contributed by atoms with Crippen molar-refractivity contribution in [3.8, 4) is 0 Å². The number of aliphatic hydroxyl groups excluding tert-OH is 1. The van der Waals surface area contributed by atoms with E-state index < -0.39 is 0 Å². The second-order valence-corrected chi connectivity index (χ2v) is 4.57. The summed E-state index contributed by atoms with van der Waals surface area (Å²) in [5.74, 6) is 1.71. The first-order valence-corrected chi connectivity index (χ1v) is 4.88. The molecule has 1 N–H and O–H groups in total. The highest BCUT2D eigenvalue weighted by molar-refractivity contribution is 4.97. The van der Waals surface area contributed by atoms with Crippen LogP contribution in [-0.4, -0.2) is 11.7 Å². The van der Waals surface area contributed by atoms with E-state index in [0.29, 0.717) is 12.0 Å². The molecule has 64 valence electrons. The molecule has 1 atom stereocenters. The Hall–Kier alpha value is -0.0400. The lowest BCUT2D eigenvalue weighted by molar-refractivity contribution is 0.0150. The fourth-order valence-corrected chi connectivity index (χ4v) is 2.40. The average Bonchev–Trinajstić information content (AvgIpc) is 2.63. The molecule has 0 aliphatic heterocycles. The SMILES string of the molecule is CC(CO)(C1CCC1)C1CC1. The van der Waals surface area contributed by atoms with Gasteiger partial charge in [0.05, 0.1) is 0 Å². The van der Waals surface area contributed by atoms with Crippen LogP contribution >= 0.6 is 0 Å². The highest BCUT2D eigenvalue weighted by Gasteiger charge is 2.47. The third kappa shape index (κ3) is 1.10. The van der Waals surface area contributed by atoms with Crippen molar-refractivity contribution in [2.45, 2.75) is 39.0 Å². The van der Waals surface area contributed by atoms with Crippen molar-refractivity contribution in [1.29, 1.82) is 0 Å². The molecule has 0 radical (unpaired) electrons. The van der Waals surface area contributed by atoms with Gasteiger partial charge in [0.2, 0.25) is 0 Å². The van der Waals surface area contributed by atoms with Gasteiger partial charge >= 0.3 is 0 Å². The molecule has 2 fully saturated rings. The van der Waals surface area contributed by atoms with E-state index in [4.69, 9.17) is 0 Å². The summed E-state index contributed by atoms with van der Waals surface area (Å²) >= 11 is 0. The van der Waals surface area contributed by atoms with E-state index in [-0.39, 0.29) is 0 Å². The molecular formula is C10H18O. The maximum absolute atomic E-state index is 9.33. The number of rotatable bonds is 3. The molecule has 0 aromatic heterocycles. The topological polar surface area (TPSA) is 20.2 Å². The van der Waals surface area contributed by atoms with Crippen molar-refractivity contribution in [3.05, 3.63) is 0 Å². The Morgan fingerprint density at radius 1 is 1.18 bits per heavy atom. The minimum Gasteiger partial charge on any atom is -0.396 e. The van der Waals surface area contributed by atoms with Gasteiger partial charge in [-0.15, -0.1) is 0 Å². The standard InChI is InChI=1S/C10H18O/c1-10(7-11,9-5-6-9)8-3-2-4-8/h8-9,11H,2-7H2,1H3. The smallest absolute Gasteiger partial charge is 0.0490 e. The molecule has 2 aliphatic rings. The van der Waals surface area contributed by atoms with Crippen LogP contribution in [0.5, 0.6) is 0 Å². The minimum absolute atomic E-state index is 0.304. The Balaban J connectivity index is 2.01. The summed E-state index contributed by atoms with van der Waals surface area (Å²) in [7, 11) is 0. The molecule has 0 heterocycles. The number of hydrogen-bond acceptors (Lipinski definition) is 1. The molecule has 1 heteroatoms. The lowest BCUT2D eigenvalue weighted by Crippen LogP contribution is -2.37. The van der Waals surface area contributed by atoms with Crippen molar-refractivity contribution in [3.63, 3.8) is 0 Å². The largest absolute Gasteiger partial charge is 0.396 e. The lowest BCUT2D eigenvalue weighted by Gasteiger charge is -2.42. The van der Waals surface area contributed by atoms with Gasteiger partial charge < -0.3 is 5.11 Å². The predicted octanol–water partition coefficient (Wildman–Crippen LogP) is 2.20. The van der Waals surface area contributed by atoms with Crippen molar-refractivity contribution in [1.82, 2.24) is 0 Å². The summed E-state index contributed by atoms with van der Waals surface area (Å²) in [5, 5.41) is 9.33. The third-order valence-electron chi connectivity index (χ3n) is 3.89. The van der Waals surface area contributed by atoms with Crippen LogP contribution in [0.25, 0.3) is 0 Å². The maximum atomic E-state index is 9.33. The highest BCUT2D eigenvalue weighted by atomic mass is 16.3. The second-order valence-electron chi connectivity index (χ2n) is 4.57. The molecule has 1 unspecified atom stereocenters. The molecule has 0 aromatic rings. The van der Waals surface area contributed by atoms with Crippen molar-refractivity contribution in [2.75, 3.05) is 6.61 Å². The summed E-state index contributed by atoms with van der Waals surface area (Å²) in [6.45, 7) is 2.71. The molecular weight excluding hydrogens is 136 g/mol. The van der Waals surface area contributed by atoms with Gasteiger partial charge in [-0.3, -0.25) is 0 Å². The van der Waals surface area contributed by atoms with Gasteiger partial charge in [0, 0.05) is 6.61 Å². The zero-order valence-corrected chi connectivity index (χ0v) is 7.34. The van der Waals surface area contributed by atoms with Gasteiger partial charge in [0.15, 0.2) is 0 Å². The van der Waals surface area contributed by atoms with E-state index >= 15 is 0 Å². The molecule has 2 saturated carbocycles. The van der Waals surface area contributed by atoms with Crippen LogP contribution in [0.4, 0.5) is 0 Å². The molecule has 0 aromatic carbocycles. The van der Waals surface area contributed by atoms with Gasteiger partial charge in [-0.25, -0.2) is 0 Å². The summed E-state index contributed by atoms with van der Waals surface area (Å²) in [5.41, 5.74) is 0.304. The third-order valence-corrected chi connectivity index (χ3v) is 3.89. The van der Waals surface area contributed by atoms with Crippen LogP contribution in [0.3, 0.4) is 0 Å². The van der Waals surface area contributed by atoms with Crippen molar-refractivity contribution >= 4 is 0 Å². The molecule has 0 amide bonds. The molecule has 0 saturated heterocycles. The van der Waals surface area contributed by atoms with E-state index in [1.165, 1.54) is 32.1 Å². The molecule has 1 nitrogen and oxygen atoms in total. The van der Waals surface area contributed by atoms with Crippen LogP contribution in [-0.2, 0) is 0 Å². The summed E-state index contributed by atoms with van der Waals surface area (Å²) < 4.78 is 0. The Labute approximate surface area is 68.8 Å². The van der Waals surface area contributed by atoms with Gasteiger partial charge in [0.25, 0.3) is 0 Å². The van der Waals surface area contributed by atoms with E-state index in [0.717, 1.165) is 11.8 Å². The molecule has 11 heavy (non-hydrogen) atoms. The van der Waals surface area contributed by atoms with Crippen molar-refractivity contribution < 1.29 is 5.11 Å². The van der Waals surface area contributed by atoms with Gasteiger partial charge in [-0.1, -0.05) is 13.3 Å². The van der Waals surface area contributed by atoms with Crippen LogP contribution in [0, 0.1) is 17.3 Å². The van der Waals surface area contributed by atoms with Crippen LogP contribution in [0.2, 0.25) is 0 Å². The maximum Gasteiger partial charge on any atom is 0.0490 e. The predicted molar refractivity (Wildman–Crippen MR) is 45.3 cm³/mol. The van der Waals surface area contributed by atoms with E-state index in [1.807, 2.05) is 0 Å². The summed E-state index contributed by atoms with van der Waals surface area (Å²) in [6.07, 6.45) is 6.87. The lowest BCUT2D eigenvalue weighted by atomic mass is 9.64. The molecule has 2 aliphatic carbocycles. The summed E-state index contributed by atoms with van der Waals surface area (Å²) in [4.78, 5) is 0. The first-order chi connectivity index (χ1) is 5.27. The van der Waals surface area contributed by atoms with Gasteiger partial charge in [-0.05, 0) is 42.9 Å². The molecule has 2 rings (SSSR count). The monoisotopic (exact) mass is 154 g/mol.